The van der Waals surface area contributed by atoms with Crippen LogP contribution < -0.4 is 15.0 Å². The molecule has 1 aliphatic rings. The van der Waals surface area contributed by atoms with E-state index in [-0.39, 0.29) is 24.2 Å². The molecule has 136 valence electrons. The minimum atomic E-state index is -0.363. The highest BCUT2D eigenvalue weighted by Gasteiger charge is 2.35. The van der Waals surface area contributed by atoms with Gasteiger partial charge in [0, 0.05) is 30.4 Å². The number of anilines is 2. The summed E-state index contributed by atoms with van der Waals surface area (Å²) in [5.74, 6) is 0.594. The van der Waals surface area contributed by atoms with Crippen LogP contribution in [0.5, 0.6) is 5.75 Å². The van der Waals surface area contributed by atoms with E-state index in [4.69, 9.17) is 4.74 Å². The van der Waals surface area contributed by atoms with Crippen molar-refractivity contribution in [1.82, 2.24) is 0 Å². The second-order valence-electron chi connectivity index (χ2n) is 6.87. The molecule has 0 spiro atoms. The Balaban J connectivity index is 1.67. The lowest BCUT2D eigenvalue weighted by molar-refractivity contribution is -0.122. The molecule has 2 aromatic rings. The van der Waals surface area contributed by atoms with Crippen LogP contribution in [0.1, 0.15) is 31.7 Å². The second kappa shape index (κ2) is 7.60. The minimum absolute atomic E-state index is 0.0203. The van der Waals surface area contributed by atoms with Gasteiger partial charge in [-0.2, -0.15) is 0 Å². The van der Waals surface area contributed by atoms with Crippen molar-refractivity contribution in [3.63, 3.8) is 0 Å². The fourth-order valence-electron chi connectivity index (χ4n) is 3.12. The summed E-state index contributed by atoms with van der Waals surface area (Å²) in [5.41, 5.74) is 2.74. The Bertz CT molecular complexity index is 799. The van der Waals surface area contributed by atoms with Gasteiger partial charge in [-0.3, -0.25) is 9.59 Å². The summed E-state index contributed by atoms with van der Waals surface area (Å²) in [4.78, 5) is 26.6. The fraction of sp³-hybridized carbons (Fsp3) is 0.333. The molecule has 0 saturated carbocycles. The highest BCUT2D eigenvalue weighted by atomic mass is 16.5. The number of hydrogen-bond acceptors (Lipinski definition) is 3. The Morgan fingerprint density at radius 1 is 1.19 bits per heavy atom. The van der Waals surface area contributed by atoms with Gasteiger partial charge >= 0.3 is 0 Å². The molecule has 1 fully saturated rings. The van der Waals surface area contributed by atoms with E-state index in [1.807, 2.05) is 36.4 Å². The fourth-order valence-corrected chi connectivity index (χ4v) is 3.12. The van der Waals surface area contributed by atoms with Crippen molar-refractivity contribution in [2.45, 2.75) is 26.2 Å². The predicted octanol–water partition coefficient (Wildman–Crippen LogP) is 3.81. The molecule has 0 radical (unpaired) electrons. The zero-order chi connectivity index (χ0) is 18.7. The van der Waals surface area contributed by atoms with E-state index in [2.05, 4.69) is 19.2 Å². The minimum Gasteiger partial charge on any atom is -0.497 e. The van der Waals surface area contributed by atoms with Crippen LogP contribution in [0.3, 0.4) is 0 Å². The quantitative estimate of drug-likeness (QED) is 0.890. The van der Waals surface area contributed by atoms with Crippen LogP contribution in [-0.4, -0.2) is 25.5 Å². The molecule has 0 aromatic heterocycles. The van der Waals surface area contributed by atoms with E-state index in [1.165, 1.54) is 5.56 Å². The van der Waals surface area contributed by atoms with E-state index >= 15 is 0 Å². The molecule has 26 heavy (non-hydrogen) atoms. The number of nitrogens with zero attached hydrogens (tertiary/aromatic N) is 1. The maximum Gasteiger partial charge on any atom is 0.229 e. The third kappa shape index (κ3) is 3.87. The van der Waals surface area contributed by atoms with Gasteiger partial charge in [0.2, 0.25) is 11.8 Å². The third-order valence-electron chi connectivity index (χ3n) is 4.70. The average Bonchev–Trinajstić information content (AvgIpc) is 3.04. The Hall–Kier alpha value is -2.82. The lowest BCUT2D eigenvalue weighted by Gasteiger charge is -2.18. The highest BCUT2D eigenvalue weighted by molar-refractivity contribution is 6.03. The molecule has 1 heterocycles. The van der Waals surface area contributed by atoms with E-state index in [1.54, 1.807) is 24.1 Å². The van der Waals surface area contributed by atoms with Crippen molar-refractivity contribution in [1.29, 1.82) is 0 Å². The summed E-state index contributed by atoms with van der Waals surface area (Å²) in [5, 5.41) is 2.88. The van der Waals surface area contributed by atoms with Gasteiger partial charge in [0.25, 0.3) is 0 Å². The first-order valence-corrected chi connectivity index (χ1v) is 8.83. The number of carbonyl (C=O) groups is 2. The smallest absolute Gasteiger partial charge is 0.229 e. The lowest BCUT2D eigenvalue weighted by atomic mass is 10.0. The first kappa shape index (κ1) is 18.0. The summed E-state index contributed by atoms with van der Waals surface area (Å²) in [6.45, 7) is 4.67. The summed E-state index contributed by atoms with van der Waals surface area (Å²) in [6.07, 6.45) is 0.224. The number of amides is 2. The normalized spacial score (nSPS) is 16.8. The largest absolute Gasteiger partial charge is 0.497 e. The van der Waals surface area contributed by atoms with Crippen LogP contribution in [0.4, 0.5) is 11.4 Å². The first-order chi connectivity index (χ1) is 12.5. The zero-order valence-corrected chi connectivity index (χ0v) is 15.4. The Morgan fingerprint density at radius 2 is 1.92 bits per heavy atom. The summed E-state index contributed by atoms with van der Waals surface area (Å²) >= 11 is 0. The van der Waals surface area contributed by atoms with Gasteiger partial charge in [0.05, 0.1) is 13.0 Å². The van der Waals surface area contributed by atoms with Crippen molar-refractivity contribution < 1.29 is 14.3 Å². The van der Waals surface area contributed by atoms with E-state index in [9.17, 15) is 9.59 Å². The first-order valence-electron chi connectivity index (χ1n) is 8.83. The monoisotopic (exact) mass is 352 g/mol. The van der Waals surface area contributed by atoms with Crippen molar-refractivity contribution in [2.75, 3.05) is 23.9 Å². The van der Waals surface area contributed by atoms with E-state index in [0.717, 1.165) is 5.69 Å². The van der Waals surface area contributed by atoms with Crippen molar-refractivity contribution >= 4 is 23.2 Å². The SMILES string of the molecule is COc1cccc(NC(=O)[C@H]2CC(=O)N(c3ccc(C(C)C)cc3)C2)c1. The van der Waals surface area contributed by atoms with Crippen molar-refractivity contribution in [3.05, 3.63) is 54.1 Å². The highest BCUT2D eigenvalue weighted by Crippen LogP contribution is 2.28. The van der Waals surface area contributed by atoms with Crippen molar-refractivity contribution in [3.8, 4) is 5.75 Å². The third-order valence-corrected chi connectivity index (χ3v) is 4.70. The molecule has 1 saturated heterocycles. The Kier molecular flexibility index (Phi) is 5.26. The molecule has 1 atom stereocenters. The molecule has 1 N–H and O–H groups in total. The molecule has 0 aliphatic carbocycles. The van der Waals surface area contributed by atoms with Crippen LogP contribution >= 0.6 is 0 Å². The lowest BCUT2D eigenvalue weighted by Crippen LogP contribution is -2.28. The molecule has 0 unspecified atom stereocenters. The van der Waals surface area contributed by atoms with Gasteiger partial charge in [-0.05, 0) is 35.7 Å². The van der Waals surface area contributed by atoms with Gasteiger partial charge in [-0.1, -0.05) is 32.0 Å². The second-order valence-corrected chi connectivity index (χ2v) is 6.87. The molecule has 5 heteroatoms. The molecular weight excluding hydrogens is 328 g/mol. The predicted molar refractivity (Wildman–Crippen MR) is 103 cm³/mol. The number of ether oxygens (including phenoxy) is 1. The molecule has 5 nitrogen and oxygen atoms in total. The maximum atomic E-state index is 12.5. The number of rotatable bonds is 5. The Morgan fingerprint density at radius 3 is 2.58 bits per heavy atom. The van der Waals surface area contributed by atoms with Crippen LogP contribution in [0, 0.1) is 5.92 Å². The van der Waals surface area contributed by atoms with Crippen LogP contribution in [0.2, 0.25) is 0 Å². The molecular formula is C21H24N2O3. The van der Waals surface area contributed by atoms with Gasteiger partial charge in [-0.25, -0.2) is 0 Å². The number of nitrogens with one attached hydrogen (secondary N) is 1. The van der Waals surface area contributed by atoms with E-state index in [0.29, 0.717) is 23.9 Å². The summed E-state index contributed by atoms with van der Waals surface area (Å²) in [7, 11) is 1.58. The Labute approximate surface area is 154 Å². The average molecular weight is 352 g/mol. The summed E-state index contributed by atoms with van der Waals surface area (Å²) < 4.78 is 5.17. The molecule has 1 aliphatic heterocycles. The standard InChI is InChI=1S/C21H24N2O3/c1-14(2)15-7-9-18(10-8-15)23-13-16(11-20(23)24)21(25)22-17-5-4-6-19(12-17)26-3/h4-10,12,14,16H,11,13H2,1-3H3,(H,22,25)/t16-/m0/s1. The van der Waals surface area contributed by atoms with Crippen molar-refractivity contribution in [2.24, 2.45) is 5.92 Å². The number of methoxy groups -OCH3 is 1. The molecule has 3 rings (SSSR count). The zero-order valence-electron chi connectivity index (χ0n) is 15.4. The van der Waals surface area contributed by atoms with Crippen LogP contribution in [0.15, 0.2) is 48.5 Å². The molecule has 2 aromatic carbocycles. The van der Waals surface area contributed by atoms with Gasteiger partial charge in [-0.15, -0.1) is 0 Å². The van der Waals surface area contributed by atoms with Crippen LogP contribution in [-0.2, 0) is 9.59 Å². The molecule has 0 bridgehead atoms. The maximum absolute atomic E-state index is 12.5. The number of hydrogen-bond donors (Lipinski definition) is 1. The number of carbonyl (C=O) groups excluding carboxylic acids is 2. The summed E-state index contributed by atoms with van der Waals surface area (Å²) in [6, 6.07) is 15.2. The van der Waals surface area contributed by atoms with Gasteiger partial charge < -0.3 is 15.0 Å². The van der Waals surface area contributed by atoms with Crippen LogP contribution in [0.25, 0.3) is 0 Å². The van der Waals surface area contributed by atoms with E-state index < -0.39 is 0 Å². The molecule has 2 amide bonds. The van der Waals surface area contributed by atoms with Gasteiger partial charge in [0.1, 0.15) is 5.75 Å². The topological polar surface area (TPSA) is 58.6 Å². The van der Waals surface area contributed by atoms with Gasteiger partial charge in [0.15, 0.2) is 0 Å². The number of benzene rings is 2.